The van der Waals surface area contributed by atoms with Crippen molar-refractivity contribution in [2.24, 2.45) is 0 Å². The third kappa shape index (κ3) is 2.01. The molecule has 3 aromatic carbocycles. The van der Waals surface area contributed by atoms with Crippen molar-refractivity contribution in [2.75, 3.05) is 13.7 Å². The van der Waals surface area contributed by atoms with Crippen LogP contribution >= 0.6 is 0 Å². The molecule has 4 aliphatic heterocycles. The highest BCUT2D eigenvalue weighted by atomic mass is 19.1. The topological polar surface area (TPSA) is 127 Å². The van der Waals surface area contributed by atoms with Crippen molar-refractivity contribution < 1.29 is 48.2 Å². The average molecular weight is 496 g/mol. The Morgan fingerprint density at radius 2 is 1.86 bits per heavy atom. The number of methoxy groups -OCH3 is 1. The number of aromatic hydroxyl groups is 2. The number of carbonyl (C=O) groups is 1. The number of aryl methyl sites for hydroxylation is 1. The van der Waals surface area contributed by atoms with Crippen LogP contribution in [0.3, 0.4) is 0 Å². The van der Waals surface area contributed by atoms with Crippen molar-refractivity contribution in [1.82, 2.24) is 0 Å². The molecule has 0 aromatic heterocycles. The summed E-state index contributed by atoms with van der Waals surface area (Å²) in [7, 11) is 1.40. The Balaban J connectivity index is 1.50. The highest BCUT2D eigenvalue weighted by Crippen LogP contribution is 2.69. The molecule has 5 atom stereocenters. The number of aliphatic hydroxyl groups is 1. The number of ketones is 1. The van der Waals surface area contributed by atoms with E-state index >= 15 is 4.39 Å². The lowest BCUT2D eigenvalue weighted by atomic mass is 9.80. The molecule has 3 fully saturated rings. The first-order valence-electron chi connectivity index (χ1n) is 11.8. The molecule has 0 saturated carbocycles. The first-order chi connectivity index (χ1) is 17.2. The van der Waals surface area contributed by atoms with Gasteiger partial charge in [0.05, 0.1) is 35.6 Å². The van der Waals surface area contributed by atoms with Gasteiger partial charge < -0.3 is 39.0 Å². The number of halogens is 1. The molecule has 3 aromatic rings. The van der Waals surface area contributed by atoms with E-state index in [1.54, 1.807) is 13.0 Å². The summed E-state index contributed by atoms with van der Waals surface area (Å²) in [5.41, 5.74) is -0.532. The van der Waals surface area contributed by atoms with E-state index in [1.165, 1.54) is 13.2 Å². The first-order valence-corrected chi connectivity index (χ1v) is 11.8. The van der Waals surface area contributed by atoms with Crippen molar-refractivity contribution in [1.29, 1.82) is 0 Å². The van der Waals surface area contributed by atoms with Gasteiger partial charge in [0.15, 0.2) is 11.9 Å². The Kier molecular flexibility index (Phi) is 3.51. The van der Waals surface area contributed by atoms with Crippen LogP contribution in [0.2, 0.25) is 0 Å². The number of Topliss-reactive ketones (excluding diaryl/α,β-unsaturated/α-hetero) is 1. The molecule has 4 heterocycles. The third-order valence-corrected chi connectivity index (χ3v) is 8.60. The fraction of sp³-hybridized carbons (Fsp3) is 0.423. The molecule has 9 nitrogen and oxygen atoms in total. The Morgan fingerprint density at radius 1 is 1.11 bits per heavy atom. The largest absolute Gasteiger partial charge is 0.506 e. The maximum absolute atomic E-state index is 15.7. The minimum absolute atomic E-state index is 0.0145. The predicted octanol–water partition coefficient (Wildman–Crippen LogP) is 3.11. The van der Waals surface area contributed by atoms with Gasteiger partial charge in [-0.15, -0.1) is 0 Å². The van der Waals surface area contributed by atoms with Gasteiger partial charge in [-0.05, 0) is 37.5 Å². The molecule has 8 rings (SSSR count). The average Bonchev–Trinajstić information content (AvgIpc) is 3.53. The minimum atomic E-state index is -2.00. The fourth-order valence-corrected chi connectivity index (χ4v) is 6.85. The first kappa shape index (κ1) is 21.0. The summed E-state index contributed by atoms with van der Waals surface area (Å²) in [4.78, 5) is 12.7. The van der Waals surface area contributed by atoms with Crippen molar-refractivity contribution in [3.8, 4) is 23.0 Å². The number of epoxide rings is 1. The van der Waals surface area contributed by atoms with Crippen LogP contribution in [0.25, 0.3) is 21.5 Å². The Labute approximate surface area is 202 Å². The van der Waals surface area contributed by atoms with Crippen LogP contribution in [-0.2, 0) is 20.6 Å². The molecule has 2 bridgehead atoms. The normalized spacial score (nSPS) is 35.3. The monoisotopic (exact) mass is 496 g/mol. The van der Waals surface area contributed by atoms with Gasteiger partial charge in [-0.3, -0.25) is 4.79 Å². The Morgan fingerprint density at radius 3 is 2.58 bits per heavy atom. The lowest BCUT2D eigenvalue weighted by Gasteiger charge is -2.45. The summed E-state index contributed by atoms with van der Waals surface area (Å²) in [6.07, 6.45) is -0.576. The quantitative estimate of drug-likeness (QED) is 0.344. The number of hydrogen-bond acceptors (Lipinski definition) is 9. The van der Waals surface area contributed by atoms with E-state index in [9.17, 15) is 20.1 Å². The summed E-state index contributed by atoms with van der Waals surface area (Å²) in [6.45, 7) is 1.73. The molecule has 10 heteroatoms. The molecular weight excluding hydrogens is 475 g/mol. The maximum atomic E-state index is 15.7. The predicted molar refractivity (Wildman–Crippen MR) is 120 cm³/mol. The van der Waals surface area contributed by atoms with E-state index in [-0.39, 0.29) is 63.3 Å². The van der Waals surface area contributed by atoms with E-state index < -0.39 is 40.9 Å². The molecule has 4 unspecified atom stereocenters. The lowest BCUT2D eigenvalue weighted by molar-refractivity contribution is -0.274. The van der Waals surface area contributed by atoms with Crippen LogP contribution in [0.15, 0.2) is 12.1 Å². The molecule has 36 heavy (non-hydrogen) atoms. The van der Waals surface area contributed by atoms with Gasteiger partial charge in [0, 0.05) is 17.2 Å². The molecule has 0 radical (unpaired) electrons. The standard InChI is InChI=1S/C26H21FO9/c1-24-25(8-33-25)26(31)23(36-24)22(34-24)17-12(27)7-11-16(21(17)35-26)19(30)15-10(20(11)32-2)6-9-4-3-5-13(28)14(9)18(15)29/h6-7,22-23,29-31H,3-5,8H2,1-2H3/t22-,23?,24?,25?,26?/m1/s1. The fourth-order valence-electron chi connectivity index (χ4n) is 6.85. The summed E-state index contributed by atoms with van der Waals surface area (Å²) in [5, 5.41) is 34.9. The zero-order valence-corrected chi connectivity index (χ0v) is 19.3. The Hall–Kier alpha value is -3.18. The summed E-state index contributed by atoms with van der Waals surface area (Å²) >= 11 is 0. The van der Waals surface area contributed by atoms with Crippen LogP contribution in [-0.4, -0.2) is 58.1 Å². The van der Waals surface area contributed by atoms with Crippen LogP contribution in [0, 0.1) is 5.82 Å². The number of phenolic OH excluding ortho intramolecular Hbond substituents is 2. The van der Waals surface area contributed by atoms with Gasteiger partial charge in [-0.25, -0.2) is 4.39 Å². The van der Waals surface area contributed by atoms with E-state index in [4.69, 9.17) is 23.7 Å². The molecule has 3 N–H and O–H groups in total. The van der Waals surface area contributed by atoms with Gasteiger partial charge >= 0.3 is 0 Å². The van der Waals surface area contributed by atoms with Crippen molar-refractivity contribution in [2.45, 2.75) is 55.6 Å². The van der Waals surface area contributed by atoms with E-state index in [0.29, 0.717) is 23.8 Å². The summed E-state index contributed by atoms with van der Waals surface area (Å²) in [6, 6.07) is 2.90. The SMILES string of the molecule is COc1c2cc3c(c(O)c2c(O)c2c4c(c(F)cc12)[C@H]1OC2(C)OC1C(O)(O4)C21CO1)C(=O)CCC3. The minimum Gasteiger partial charge on any atom is -0.506 e. The molecule has 1 aliphatic carbocycles. The second-order valence-corrected chi connectivity index (χ2v) is 10.3. The number of rotatable bonds is 1. The second kappa shape index (κ2) is 6.03. The number of fused-ring (bicyclic) bond motifs is 9. The third-order valence-electron chi connectivity index (χ3n) is 8.60. The number of phenols is 2. The van der Waals surface area contributed by atoms with Gasteiger partial charge in [0.1, 0.15) is 34.9 Å². The molecule has 1 spiro atoms. The molecular formula is C26H21FO9. The summed E-state index contributed by atoms with van der Waals surface area (Å²) in [5.74, 6) is -5.01. The number of ether oxygens (including phenoxy) is 5. The number of benzene rings is 3. The lowest BCUT2D eigenvalue weighted by Crippen LogP contribution is -2.65. The van der Waals surface area contributed by atoms with Gasteiger partial charge in [-0.2, -0.15) is 0 Å². The summed E-state index contributed by atoms with van der Waals surface area (Å²) < 4.78 is 45.1. The number of carbonyl (C=O) groups excluding carboxylic acids is 1. The molecule has 0 amide bonds. The van der Waals surface area contributed by atoms with Crippen LogP contribution in [0.5, 0.6) is 23.0 Å². The van der Waals surface area contributed by atoms with Gasteiger partial charge in [0.2, 0.25) is 11.4 Å². The zero-order chi connectivity index (χ0) is 24.9. The van der Waals surface area contributed by atoms with Crippen LogP contribution in [0.1, 0.15) is 47.4 Å². The zero-order valence-electron chi connectivity index (χ0n) is 19.3. The number of hydrogen-bond donors (Lipinski definition) is 3. The highest BCUT2D eigenvalue weighted by molar-refractivity contribution is 6.18. The van der Waals surface area contributed by atoms with E-state index in [0.717, 1.165) is 0 Å². The second-order valence-electron chi connectivity index (χ2n) is 10.3. The van der Waals surface area contributed by atoms with Crippen LogP contribution < -0.4 is 9.47 Å². The van der Waals surface area contributed by atoms with Crippen molar-refractivity contribution >= 4 is 27.3 Å². The maximum Gasteiger partial charge on any atom is 0.274 e. The molecule has 3 saturated heterocycles. The molecule has 5 aliphatic rings. The van der Waals surface area contributed by atoms with E-state index in [2.05, 4.69) is 0 Å². The van der Waals surface area contributed by atoms with Crippen molar-refractivity contribution in [3.05, 3.63) is 34.6 Å². The smallest absolute Gasteiger partial charge is 0.274 e. The molecule has 186 valence electrons. The highest BCUT2D eigenvalue weighted by Gasteiger charge is 2.89. The van der Waals surface area contributed by atoms with Crippen LogP contribution in [0.4, 0.5) is 4.39 Å². The van der Waals surface area contributed by atoms with E-state index in [1.807, 2.05) is 0 Å². The van der Waals surface area contributed by atoms with Gasteiger partial charge in [-0.1, -0.05) is 0 Å². The van der Waals surface area contributed by atoms with Crippen molar-refractivity contribution in [3.63, 3.8) is 0 Å². The Bertz CT molecular complexity index is 1590. The van der Waals surface area contributed by atoms with Gasteiger partial charge in [0.25, 0.3) is 5.79 Å².